The molecule has 0 aromatic heterocycles. The molecular formula is C14H13BrFNOS. The molecule has 0 atom stereocenters. The SMILES string of the molecule is CCOc1cc(Sc2ccccc2Br)c(N)cc1F. The van der Waals surface area contributed by atoms with Gasteiger partial charge in [0.25, 0.3) is 0 Å². The van der Waals surface area contributed by atoms with Crippen LogP contribution in [-0.4, -0.2) is 6.61 Å². The monoisotopic (exact) mass is 341 g/mol. The first kappa shape index (κ1) is 14.2. The first-order chi connectivity index (χ1) is 9.11. The van der Waals surface area contributed by atoms with Crippen molar-refractivity contribution < 1.29 is 9.13 Å². The van der Waals surface area contributed by atoms with E-state index in [0.717, 1.165) is 14.3 Å². The molecule has 0 heterocycles. The van der Waals surface area contributed by atoms with Gasteiger partial charge in [0.05, 0.1) is 6.61 Å². The molecule has 0 radical (unpaired) electrons. The van der Waals surface area contributed by atoms with Crippen LogP contribution in [0.1, 0.15) is 6.92 Å². The van der Waals surface area contributed by atoms with E-state index >= 15 is 0 Å². The average molecular weight is 342 g/mol. The summed E-state index contributed by atoms with van der Waals surface area (Å²) in [6, 6.07) is 10.7. The van der Waals surface area contributed by atoms with Crippen LogP contribution >= 0.6 is 27.7 Å². The van der Waals surface area contributed by atoms with Gasteiger partial charge < -0.3 is 10.5 Å². The van der Waals surface area contributed by atoms with E-state index in [1.807, 2.05) is 31.2 Å². The largest absolute Gasteiger partial charge is 0.491 e. The van der Waals surface area contributed by atoms with Gasteiger partial charge in [0, 0.05) is 26.0 Å². The number of nitrogen functional groups attached to an aromatic ring is 1. The molecule has 0 fully saturated rings. The number of hydrogen-bond acceptors (Lipinski definition) is 3. The molecule has 0 aliphatic carbocycles. The summed E-state index contributed by atoms with van der Waals surface area (Å²) in [6.45, 7) is 2.23. The topological polar surface area (TPSA) is 35.2 Å². The Bertz CT molecular complexity index is 592. The number of nitrogens with two attached hydrogens (primary N) is 1. The molecule has 2 N–H and O–H groups in total. The second-order valence-corrected chi connectivity index (χ2v) is 5.72. The van der Waals surface area contributed by atoms with E-state index in [2.05, 4.69) is 15.9 Å². The van der Waals surface area contributed by atoms with Gasteiger partial charge in [-0.2, -0.15) is 0 Å². The van der Waals surface area contributed by atoms with Gasteiger partial charge in [0.15, 0.2) is 11.6 Å². The first-order valence-corrected chi connectivity index (χ1v) is 7.37. The molecule has 100 valence electrons. The van der Waals surface area contributed by atoms with E-state index in [1.54, 1.807) is 6.07 Å². The molecule has 0 aliphatic rings. The Labute approximate surface area is 124 Å². The quantitative estimate of drug-likeness (QED) is 0.817. The minimum Gasteiger partial charge on any atom is -0.491 e. The summed E-state index contributed by atoms with van der Waals surface area (Å²) in [5, 5.41) is 0. The van der Waals surface area contributed by atoms with E-state index in [1.165, 1.54) is 17.8 Å². The van der Waals surface area contributed by atoms with Crippen LogP contribution in [0.25, 0.3) is 0 Å². The summed E-state index contributed by atoms with van der Waals surface area (Å²) < 4.78 is 19.8. The average Bonchev–Trinajstić information content (AvgIpc) is 2.38. The summed E-state index contributed by atoms with van der Waals surface area (Å²) in [6.07, 6.45) is 0. The van der Waals surface area contributed by atoms with Crippen molar-refractivity contribution in [2.75, 3.05) is 12.3 Å². The van der Waals surface area contributed by atoms with Crippen LogP contribution in [-0.2, 0) is 0 Å². The van der Waals surface area contributed by atoms with Crippen molar-refractivity contribution in [3.8, 4) is 5.75 Å². The Hall–Kier alpha value is -1.20. The highest BCUT2D eigenvalue weighted by Crippen LogP contribution is 2.38. The van der Waals surface area contributed by atoms with Gasteiger partial charge in [0.2, 0.25) is 0 Å². The Balaban J connectivity index is 2.34. The minimum absolute atomic E-state index is 0.228. The summed E-state index contributed by atoms with van der Waals surface area (Å²) in [4.78, 5) is 1.79. The van der Waals surface area contributed by atoms with Gasteiger partial charge in [-0.05, 0) is 41.1 Å². The van der Waals surface area contributed by atoms with E-state index < -0.39 is 5.82 Å². The Morgan fingerprint density at radius 3 is 2.68 bits per heavy atom. The Kier molecular flexibility index (Phi) is 4.71. The van der Waals surface area contributed by atoms with Crippen LogP contribution in [0.3, 0.4) is 0 Å². The van der Waals surface area contributed by atoms with Crippen LogP contribution in [0, 0.1) is 5.82 Å². The zero-order chi connectivity index (χ0) is 13.8. The Morgan fingerprint density at radius 1 is 1.26 bits per heavy atom. The van der Waals surface area contributed by atoms with Gasteiger partial charge in [-0.1, -0.05) is 23.9 Å². The maximum Gasteiger partial charge on any atom is 0.167 e. The maximum absolute atomic E-state index is 13.6. The van der Waals surface area contributed by atoms with Crippen molar-refractivity contribution >= 4 is 33.4 Å². The standard InChI is InChI=1S/C14H13BrFNOS/c1-2-18-12-8-14(11(17)7-10(12)16)19-13-6-4-3-5-9(13)15/h3-8H,2,17H2,1H3. The van der Waals surface area contributed by atoms with Gasteiger partial charge in [-0.15, -0.1) is 0 Å². The number of anilines is 1. The van der Waals surface area contributed by atoms with Crippen molar-refractivity contribution in [2.24, 2.45) is 0 Å². The fraction of sp³-hybridized carbons (Fsp3) is 0.143. The second-order valence-electron chi connectivity index (χ2n) is 3.79. The van der Waals surface area contributed by atoms with Crippen molar-refractivity contribution in [1.82, 2.24) is 0 Å². The molecule has 0 bridgehead atoms. The van der Waals surface area contributed by atoms with E-state index in [4.69, 9.17) is 10.5 Å². The van der Waals surface area contributed by atoms with Crippen LogP contribution in [0.5, 0.6) is 5.75 Å². The highest BCUT2D eigenvalue weighted by molar-refractivity contribution is 9.10. The van der Waals surface area contributed by atoms with Crippen molar-refractivity contribution in [3.63, 3.8) is 0 Å². The maximum atomic E-state index is 13.6. The third kappa shape index (κ3) is 3.42. The van der Waals surface area contributed by atoms with E-state index in [9.17, 15) is 4.39 Å². The number of rotatable bonds is 4. The lowest BCUT2D eigenvalue weighted by atomic mass is 10.3. The minimum atomic E-state index is -0.434. The molecule has 2 aromatic rings. The molecule has 5 heteroatoms. The van der Waals surface area contributed by atoms with E-state index in [-0.39, 0.29) is 5.75 Å². The van der Waals surface area contributed by atoms with Gasteiger partial charge in [-0.3, -0.25) is 0 Å². The van der Waals surface area contributed by atoms with Crippen LogP contribution in [0.4, 0.5) is 10.1 Å². The van der Waals surface area contributed by atoms with Crippen molar-refractivity contribution in [2.45, 2.75) is 16.7 Å². The molecule has 19 heavy (non-hydrogen) atoms. The van der Waals surface area contributed by atoms with Crippen molar-refractivity contribution in [1.29, 1.82) is 0 Å². The third-order valence-corrected chi connectivity index (χ3v) is 4.52. The molecule has 0 amide bonds. The predicted molar refractivity (Wildman–Crippen MR) is 80.2 cm³/mol. The molecule has 0 saturated heterocycles. The molecule has 2 rings (SSSR count). The fourth-order valence-electron chi connectivity index (χ4n) is 1.55. The molecule has 0 unspecified atom stereocenters. The van der Waals surface area contributed by atoms with Crippen LogP contribution in [0.15, 0.2) is 50.7 Å². The van der Waals surface area contributed by atoms with Gasteiger partial charge >= 0.3 is 0 Å². The third-order valence-electron chi connectivity index (χ3n) is 2.42. The molecular weight excluding hydrogens is 329 g/mol. The normalized spacial score (nSPS) is 10.5. The molecule has 2 nitrogen and oxygen atoms in total. The number of benzene rings is 2. The highest BCUT2D eigenvalue weighted by atomic mass is 79.9. The summed E-state index contributed by atoms with van der Waals surface area (Å²) in [7, 11) is 0. The number of ether oxygens (including phenoxy) is 1. The lowest BCUT2D eigenvalue weighted by molar-refractivity contribution is 0.321. The lowest BCUT2D eigenvalue weighted by Crippen LogP contribution is -1.97. The van der Waals surface area contributed by atoms with Crippen LogP contribution in [0.2, 0.25) is 0 Å². The lowest BCUT2D eigenvalue weighted by Gasteiger charge is -2.11. The molecule has 0 spiro atoms. The molecule has 2 aromatic carbocycles. The van der Waals surface area contributed by atoms with Gasteiger partial charge in [0.1, 0.15) is 0 Å². The number of halogens is 2. The summed E-state index contributed by atoms with van der Waals surface area (Å²) in [5.74, 6) is -0.206. The van der Waals surface area contributed by atoms with Gasteiger partial charge in [-0.25, -0.2) is 4.39 Å². The number of hydrogen-bond donors (Lipinski definition) is 1. The van der Waals surface area contributed by atoms with Crippen LogP contribution < -0.4 is 10.5 Å². The fourth-order valence-corrected chi connectivity index (χ4v) is 2.97. The highest BCUT2D eigenvalue weighted by Gasteiger charge is 2.11. The first-order valence-electron chi connectivity index (χ1n) is 5.76. The zero-order valence-corrected chi connectivity index (χ0v) is 12.7. The summed E-state index contributed by atoms with van der Waals surface area (Å²) >= 11 is 4.95. The zero-order valence-electron chi connectivity index (χ0n) is 10.3. The summed E-state index contributed by atoms with van der Waals surface area (Å²) in [5.41, 5.74) is 6.26. The second kappa shape index (κ2) is 6.30. The molecule has 0 saturated carbocycles. The molecule has 0 aliphatic heterocycles. The smallest absolute Gasteiger partial charge is 0.167 e. The Morgan fingerprint density at radius 2 is 2.00 bits per heavy atom. The van der Waals surface area contributed by atoms with E-state index in [0.29, 0.717) is 12.3 Å². The van der Waals surface area contributed by atoms with Crippen molar-refractivity contribution in [3.05, 3.63) is 46.7 Å². The predicted octanol–water partition coefficient (Wildman–Crippen LogP) is 4.72.